The smallest absolute Gasteiger partial charge is 0.302 e. The summed E-state index contributed by atoms with van der Waals surface area (Å²) < 4.78 is 30.5. The maximum atomic E-state index is 11.5. The van der Waals surface area contributed by atoms with Gasteiger partial charge in [0.15, 0.2) is 0 Å². The Morgan fingerprint density at radius 1 is 1.04 bits per heavy atom. The van der Waals surface area contributed by atoms with Gasteiger partial charge in [-0.25, -0.2) is 9.13 Å². The Bertz CT molecular complexity index is 668. The van der Waals surface area contributed by atoms with E-state index < -0.39 is 15.6 Å². The number of phosphoric acid groups is 2. The van der Waals surface area contributed by atoms with Gasteiger partial charge in [-0.2, -0.15) is 4.31 Å². The summed E-state index contributed by atoms with van der Waals surface area (Å²) >= 11 is 0. The summed E-state index contributed by atoms with van der Waals surface area (Å²) in [6, 6.07) is 0. The van der Waals surface area contributed by atoms with Gasteiger partial charge >= 0.3 is 15.6 Å². The van der Waals surface area contributed by atoms with Gasteiger partial charge in [-0.1, -0.05) is 54.9 Å². The summed E-state index contributed by atoms with van der Waals surface area (Å²) in [5.41, 5.74) is 3.64. The van der Waals surface area contributed by atoms with E-state index in [1.807, 2.05) is 19.9 Å². The first kappa shape index (κ1) is 27.2. The molecule has 0 amide bonds. The summed E-state index contributed by atoms with van der Waals surface area (Å²) in [7, 11) is -9.91. The minimum Gasteiger partial charge on any atom is -0.302 e. The fraction of sp³-hybridized carbons (Fsp3) is 0.579. The summed E-state index contributed by atoms with van der Waals surface area (Å²) in [4.78, 5) is 26.5. The number of hydrogen-bond acceptors (Lipinski definition) is 4. The Kier molecular flexibility index (Phi) is 13.1. The first-order valence-corrected chi connectivity index (χ1v) is 12.2. The Balaban J connectivity index is 4.80. The van der Waals surface area contributed by atoms with Gasteiger partial charge < -0.3 is 14.7 Å². The quantitative estimate of drug-likeness (QED) is 0.232. The molecule has 0 saturated heterocycles. The van der Waals surface area contributed by atoms with E-state index in [1.54, 1.807) is 6.08 Å². The largest absolute Gasteiger partial charge is 0.481 e. The number of hydrogen-bond donors (Lipinski definition) is 3. The van der Waals surface area contributed by atoms with Crippen molar-refractivity contribution in [1.29, 1.82) is 0 Å². The second kappa shape index (κ2) is 13.4. The standard InChI is InChI=1S/C19H34O7P2/c1-6-9-18(11-7-10-16(2)3)12-8-13-19(17(4)5)14-15-25-28(23,24)26-27(20,21)22/h6,10,12,14,17H,1,7-9,11,13,15H2,2-5H3,(H,23,24)(H2,20,21,22)/b18-12+,19-14-. The second-order valence-corrected chi connectivity index (χ2v) is 9.81. The van der Waals surface area contributed by atoms with Gasteiger partial charge in [0.05, 0.1) is 6.61 Å². The molecule has 0 aliphatic rings. The van der Waals surface area contributed by atoms with E-state index in [1.165, 1.54) is 11.1 Å². The molecule has 162 valence electrons. The van der Waals surface area contributed by atoms with Gasteiger partial charge in [-0.15, -0.1) is 6.58 Å². The molecule has 3 N–H and O–H groups in total. The maximum Gasteiger partial charge on any atom is 0.481 e. The zero-order chi connectivity index (χ0) is 21.8. The molecule has 0 spiro atoms. The molecule has 0 radical (unpaired) electrons. The van der Waals surface area contributed by atoms with E-state index in [0.717, 1.165) is 37.7 Å². The predicted molar refractivity (Wildman–Crippen MR) is 113 cm³/mol. The SMILES string of the molecule is C=CC/C(=C\CC/C(=C/COP(=O)(O)OP(=O)(O)O)C(C)C)CCC=C(C)C. The van der Waals surface area contributed by atoms with Gasteiger partial charge in [-0.05, 0) is 51.9 Å². The summed E-state index contributed by atoms with van der Waals surface area (Å²) in [5, 5.41) is 0. The first-order valence-electron chi connectivity index (χ1n) is 9.21. The molecule has 0 aromatic rings. The highest BCUT2D eigenvalue weighted by Gasteiger charge is 2.31. The molecule has 1 atom stereocenters. The van der Waals surface area contributed by atoms with Gasteiger partial charge in [0.25, 0.3) is 0 Å². The van der Waals surface area contributed by atoms with Crippen molar-refractivity contribution in [2.24, 2.45) is 5.92 Å². The van der Waals surface area contributed by atoms with Crippen molar-refractivity contribution in [2.75, 3.05) is 6.61 Å². The molecule has 28 heavy (non-hydrogen) atoms. The molecule has 0 saturated carbocycles. The number of allylic oxidation sites excluding steroid dienone is 6. The van der Waals surface area contributed by atoms with Crippen LogP contribution in [-0.4, -0.2) is 21.3 Å². The van der Waals surface area contributed by atoms with Crippen LogP contribution in [0.15, 0.2) is 47.6 Å². The molecule has 0 bridgehead atoms. The first-order chi connectivity index (χ1) is 12.9. The summed E-state index contributed by atoms with van der Waals surface area (Å²) in [5.74, 6) is 0.200. The molecule has 9 heteroatoms. The third-order valence-corrected chi connectivity index (χ3v) is 5.98. The monoisotopic (exact) mass is 436 g/mol. The average molecular weight is 436 g/mol. The third-order valence-electron chi connectivity index (χ3n) is 3.82. The fourth-order valence-corrected chi connectivity index (χ4v) is 4.01. The lowest BCUT2D eigenvalue weighted by Crippen LogP contribution is -1.99. The van der Waals surface area contributed by atoms with E-state index in [9.17, 15) is 14.0 Å². The van der Waals surface area contributed by atoms with Crippen molar-refractivity contribution < 1.29 is 32.6 Å². The van der Waals surface area contributed by atoms with Crippen LogP contribution in [0, 0.1) is 5.92 Å². The van der Waals surface area contributed by atoms with E-state index in [4.69, 9.17) is 9.79 Å². The van der Waals surface area contributed by atoms with Crippen molar-refractivity contribution in [3.8, 4) is 0 Å². The Labute approximate surface area is 168 Å². The highest BCUT2D eigenvalue weighted by Crippen LogP contribution is 2.57. The van der Waals surface area contributed by atoms with E-state index in [0.29, 0.717) is 0 Å². The lowest BCUT2D eigenvalue weighted by molar-refractivity contribution is 0.190. The Morgan fingerprint density at radius 2 is 1.64 bits per heavy atom. The molecule has 7 nitrogen and oxygen atoms in total. The summed E-state index contributed by atoms with van der Waals surface area (Å²) in [6.45, 7) is 11.7. The van der Waals surface area contributed by atoms with Crippen LogP contribution in [0.2, 0.25) is 0 Å². The highest BCUT2D eigenvalue weighted by molar-refractivity contribution is 7.60. The van der Waals surface area contributed by atoms with Crippen LogP contribution in [0.3, 0.4) is 0 Å². The maximum absolute atomic E-state index is 11.5. The van der Waals surface area contributed by atoms with Crippen LogP contribution in [0.1, 0.15) is 59.8 Å². The van der Waals surface area contributed by atoms with Crippen molar-refractivity contribution in [3.05, 3.63) is 47.6 Å². The van der Waals surface area contributed by atoms with Crippen LogP contribution in [-0.2, 0) is 18.0 Å². The van der Waals surface area contributed by atoms with Crippen molar-refractivity contribution in [1.82, 2.24) is 0 Å². The zero-order valence-corrected chi connectivity index (χ0v) is 19.0. The molecule has 0 aromatic heterocycles. The van der Waals surface area contributed by atoms with Gasteiger partial charge in [0.1, 0.15) is 0 Å². The Hall–Kier alpha value is -0.780. The van der Waals surface area contributed by atoms with Crippen LogP contribution < -0.4 is 0 Å². The van der Waals surface area contributed by atoms with Crippen LogP contribution in [0.25, 0.3) is 0 Å². The lowest BCUT2D eigenvalue weighted by atomic mass is 9.96. The molecule has 0 rings (SSSR count). The molecule has 0 fully saturated rings. The zero-order valence-electron chi connectivity index (χ0n) is 17.2. The van der Waals surface area contributed by atoms with Crippen LogP contribution >= 0.6 is 15.6 Å². The molecule has 0 aliphatic heterocycles. The molecule has 0 heterocycles. The summed E-state index contributed by atoms with van der Waals surface area (Å²) in [6.07, 6.45) is 12.3. The third kappa shape index (κ3) is 15.2. The highest BCUT2D eigenvalue weighted by atomic mass is 31.3. The minimum atomic E-state index is -5.10. The lowest BCUT2D eigenvalue weighted by Gasteiger charge is -2.14. The van der Waals surface area contributed by atoms with Crippen molar-refractivity contribution in [3.63, 3.8) is 0 Å². The molecule has 0 aromatic carbocycles. The van der Waals surface area contributed by atoms with Crippen LogP contribution in [0.4, 0.5) is 0 Å². The number of rotatable bonds is 14. The van der Waals surface area contributed by atoms with Crippen LogP contribution in [0.5, 0.6) is 0 Å². The molecular formula is C19H34O7P2. The predicted octanol–water partition coefficient (Wildman–Crippen LogP) is 5.82. The van der Waals surface area contributed by atoms with Gasteiger partial charge in [-0.3, -0.25) is 4.52 Å². The van der Waals surface area contributed by atoms with Crippen molar-refractivity contribution >= 4 is 15.6 Å². The molecular weight excluding hydrogens is 402 g/mol. The van der Waals surface area contributed by atoms with E-state index >= 15 is 0 Å². The number of phosphoric ester groups is 1. The van der Waals surface area contributed by atoms with E-state index in [-0.39, 0.29) is 12.5 Å². The molecule has 0 aliphatic carbocycles. The second-order valence-electron chi connectivity index (χ2n) is 6.98. The van der Waals surface area contributed by atoms with E-state index in [2.05, 4.69) is 41.4 Å². The van der Waals surface area contributed by atoms with Crippen molar-refractivity contribution in [2.45, 2.75) is 59.8 Å². The minimum absolute atomic E-state index is 0.200. The Morgan fingerprint density at radius 3 is 2.14 bits per heavy atom. The topological polar surface area (TPSA) is 113 Å². The van der Waals surface area contributed by atoms with Gasteiger partial charge in [0.2, 0.25) is 0 Å². The average Bonchev–Trinajstić information content (AvgIpc) is 2.50. The fourth-order valence-electron chi connectivity index (χ4n) is 2.48. The molecule has 1 unspecified atom stereocenters. The normalized spacial score (nSPS) is 15.4. The van der Waals surface area contributed by atoms with Gasteiger partial charge in [0, 0.05) is 0 Å².